The predicted octanol–water partition coefficient (Wildman–Crippen LogP) is 2.52. The van der Waals surface area contributed by atoms with Gasteiger partial charge in [-0.2, -0.15) is 0 Å². The SMILES string of the molecule is CC(=O)c1cccc(NC(=O)C2(C(=O)NC(C)(C)C)CC2)c1. The standard InChI is InChI=1S/C17H22N2O3/c1-11(20)12-6-5-7-13(10-12)18-14(21)17(8-9-17)15(22)19-16(2,3)4/h5-7,10H,8-9H2,1-4H3,(H,18,21)(H,19,22). The van der Waals surface area contributed by atoms with Gasteiger partial charge in [0.15, 0.2) is 5.78 Å². The first kappa shape index (κ1) is 16.2. The number of nitrogens with one attached hydrogen (secondary N) is 2. The van der Waals surface area contributed by atoms with E-state index in [-0.39, 0.29) is 23.1 Å². The Morgan fingerprint density at radius 3 is 2.23 bits per heavy atom. The first-order chi connectivity index (χ1) is 10.1. The second kappa shape index (κ2) is 5.55. The van der Waals surface area contributed by atoms with E-state index in [1.54, 1.807) is 24.3 Å². The summed E-state index contributed by atoms with van der Waals surface area (Å²) in [5, 5.41) is 5.62. The van der Waals surface area contributed by atoms with E-state index in [4.69, 9.17) is 0 Å². The van der Waals surface area contributed by atoms with Crippen molar-refractivity contribution >= 4 is 23.3 Å². The fourth-order valence-electron chi connectivity index (χ4n) is 2.21. The number of hydrogen-bond acceptors (Lipinski definition) is 3. The molecule has 22 heavy (non-hydrogen) atoms. The van der Waals surface area contributed by atoms with E-state index in [1.807, 2.05) is 20.8 Å². The van der Waals surface area contributed by atoms with Crippen LogP contribution < -0.4 is 10.6 Å². The summed E-state index contributed by atoms with van der Waals surface area (Å²) in [7, 11) is 0. The molecule has 118 valence electrons. The Kier molecular flexibility index (Phi) is 4.09. The van der Waals surface area contributed by atoms with Crippen molar-refractivity contribution in [2.75, 3.05) is 5.32 Å². The number of hydrogen-bond donors (Lipinski definition) is 2. The molecule has 5 heteroatoms. The van der Waals surface area contributed by atoms with Gasteiger partial charge in [0.2, 0.25) is 11.8 Å². The van der Waals surface area contributed by atoms with Crippen LogP contribution in [0.4, 0.5) is 5.69 Å². The first-order valence-electron chi connectivity index (χ1n) is 7.39. The monoisotopic (exact) mass is 302 g/mol. The minimum Gasteiger partial charge on any atom is -0.351 e. The fourth-order valence-corrected chi connectivity index (χ4v) is 2.21. The third-order valence-corrected chi connectivity index (χ3v) is 3.63. The van der Waals surface area contributed by atoms with Crippen molar-refractivity contribution in [3.63, 3.8) is 0 Å². The van der Waals surface area contributed by atoms with Crippen molar-refractivity contribution < 1.29 is 14.4 Å². The Balaban J connectivity index is 2.10. The van der Waals surface area contributed by atoms with Crippen molar-refractivity contribution in [1.29, 1.82) is 0 Å². The van der Waals surface area contributed by atoms with E-state index in [2.05, 4.69) is 10.6 Å². The number of carbonyl (C=O) groups is 3. The van der Waals surface area contributed by atoms with Crippen LogP contribution in [0.5, 0.6) is 0 Å². The second-order valence-corrected chi connectivity index (χ2v) is 6.88. The van der Waals surface area contributed by atoms with E-state index in [9.17, 15) is 14.4 Å². The zero-order valence-corrected chi connectivity index (χ0v) is 13.4. The van der Waals surface area contributed by atoms with Crippen LogP contribution in [-0.4, -0.2) is 23.1 Å². The van der Waals surface area contributed by atoms with Gasteiger partial charge in [0, 0.05) is 16.8 Å². The normalized spacial score (nSPS) is 15.8. The molecule has 1 aromatic rings. The average molecular weight is 302 g/mol. The molecule has 0 unspecified atom stereocenters. The summed E-state index contributed by atoms with van der Waals surface area (Å²) in [6, 6.07) is 6.73. The smallest absolute Gasteiger partial charge is 0.240 e. The number of carbonyl (C=O) groups excluding carboxylic acids is 3. The molecule has 0 saturated heterocycles. The molecular weight excluding hydrogens is 280 g/mol. The molecule has 2 N–H and O–H groups in total. The third kappa shape index (κ3) is 3.53. The largest absolute Gasteiger partial charge is 0.351 e. The summed E-state index contributed by atoms with van der Waals surface area (Å²) in [5.41, 5.74) is -0.282. The van der Waals surface area contributed by atoms with Gasteiger partial charge in [0.05, 0.1) is 0 Å². The molecule has 0 radical (unpaired) electrons. The Morgan fingerprint density at radius 1 is 1.09 bits per heavy atom. The summed E-state index contributed by atoms with van der Waals surface area (Å²) in [4.78, 5) is 36.2. The highest BCUT2D eigenvalue weighted by atomic mass is 16.2. The van der Waals surface area contributed by atoms with Gasteiger partial charge in [-0.25, -0.2) is 0 Å². The van der Waals surface area contributed by atoms with Gasteiger partial charge in [0.25, 0.3) is 0 Å². The molecule has 2 rings (SSSR count). The highest BCUT2D eigenvalue weighted by Gasteiger charge is 2.57. The molecule has 1 fully saturated rings. The summed E-state index contributed by atoms with van der Waals surface area (Å²) in [6.45, 7) is 7.12. The Labute approximate surface area is 130 Å². The topological polar surface area (TPSA) is 75.3 Å². The van der Waals surface area contributed by atoms with Crippen molar-refractivity contribution in [1.82, 2.24) is 5.32 Å². The number of benzene rings is 1. The van der Waals surface area contributed by atoms with Crippen LogP contribution in [0, 0.1) is 5.41 Å². The molecular formula is C17H22N2O3. The van der Waals surface area contributed by atoms with E-state index in [1.165, 1.54) is 6.92 Å². The summed E-state index contributed by atoms with van der Waals surface area (Å²) < 4.78 is 0. The van der Waals surface area contributed by atoms with Crippen LogP contribution in [-0.2, 0) is 9.59 Å². The zero-order valence-electron chi connectivity index (χ0n) is 13.4. The third-order valence-electron chi connectivity index (χ3n) is 3.63. The summed E-state index contributed by atoms with van der Waals surface area (Å²) >= 11 is 0. The lowest BCUT2D eigenvalue weighted by molar-refractivity contribution is -0.135. The van der Waals surface area contributed by atoms with E-state index in [0.717, 1.165) is 0 Å². The van der Waals surface area contributed by atoms with Crippen molar-refractivity contribution in [2.45, 2.75) is 46.1 Å². The molecule has 0 aliphatic heterocycles. The van der Waals surface area contributed by atoms with Gasteiger partial charge in [-0.15, -0.1) is 0 Å². The fraction of sp³-hybridized carbons (Fsp3) is 0.471. The number of anilines is 1. The molecule has 1 saturated carbocycles. The predicted molar refractivity (Wildman–Crippen MR) is 84.6 cm³/mol. The number of amides is 2. The lowest BCUT2D eigenvalue weighted by atomic mass is 10.0. The number of ketones is 1. The van der Waals surface area contributed by atoms with Gasteiger partial charge in [0.1, 0.15) is 5.41 Å². The van der Waals surface area contributed by atoms with Crippen LogP contribution in [0.2, 0.25) is 0 Å². The maximum absolute atomic E-state index is 12.4. The molecule has 1 aliphatic rings. The summed E-state index contributed by atoms with van der Waals surface area (Å²) in [5.74, 6) is -0.613. The lowest BCUT2D eigenvalue weighted by Crippen LogP contribution is -2.48. The van der Waals surface area contributed by atoms with Crippen LogP contribution in [0.1, 0.15) is 50.9 Å². The van der Waals surface area contributed by atoms with Crippen LogP contribution >= 0.6 is 0 Å². The maximum Gasteiger partial charge on any atom is 0.240 e. The minimum atomic E-state index is -0.973. The van der Waals surface area contributed by atoms with Crippen molar-refractivity contribution in [2.24, 2.45) is 5.41 Å². The molecule has 1 aromatic carbocycles. The second-order valence-electron chi connectivity index (χ2n) is 6.88. The van der Waals surface area contributed by atoms with Gasteiger partial charge in [-0.1, -0.05) is 12.1 Å². The molecule has 1 aliphatic carbocycles. The zero-order chi connectivity index (χ0) is 16.5. The van der Waals surface area contributed by atoms with Gasteiger partial charge < -0.3 is 10.6 Å². The maximum atomic E-state index is 12.4. The van der Waals surface area contributed by atoms with Crippen LogP contribution in [0.25, 0.3) is 0 Å². The molecule has 0 spiro atoms. The van der Waals surface area contributed by atoms with Crippen molar-refractivity contribution in [3.8, 4) is 0 Å². The van der Waals surface area contributed by atoms with Gasteiger partial charge in [-0.05, 0) is 52.7 Å². The molecule has 0 aromatic heterocycles. The summed E-state index contributed by atoms with van der Waals surface area (Å²) in [6.07, 6.45) is 1.10. The van der Waals surface area contributed by atoms with Crippen LogP contribution in [0.3, 0.4) is 0 Å². The Morgan fingerprint density at radius 2 is 1.73 bits per heavy atom. The van der Waals surface area contributed by atoms with E-state index in [0.29, 0.717) is 24.1 Å². The van der Waals surface area contributed by atoms with Gasteiger partial charge in [-0.3, -0.25) is 14.4 Å². The quantitative estimate of drug-likeness (QED) is 0.663. The van der Waals surface area contributed by atoms with Crippen LogP contribution in [0.15, 0.2) is 24.3 Å². The highest BCUT2D eigenvalue weighted by Crippen LogP contribution is 2.47. The van der Waals surface area contributed by atoms with Gasteiger partial charge >= 0.3 is 0 Å². The van der Waals surface area contributed by atoms with Crippen molar-refractivity contribution in [3.05, 3.63) is 29.8 Å². The molecule has 0 atom stereocenters. The lowest BCUT2D eigenvalue weighted by Gasteiger charge is -2.24. The van der Waals surface area contributed by atoms with E-state index >= 15 is 0 Å². The minimum absolute atomic E-state index is 0.0669. The molecule has 0 heterocycles. The Hall–Kier alpha value is -2.17. The molecule has 5 nitrogen and oxygen atoms in total. The van der Waals surface area contributed by atoms with E-state index < -0.39 is 5.41 Å². The first-order valence-corrected chi connectivity index (χ1v) is 7.39. The molecule has 0 bridgehead atoms. The number of rotatable bonds is 4. The number of Topliss-reactive ketones (excluding diaryl/α,β-unsaturated/α-hetero) is 1. The average Bonchev–Trinajstić information content (AvgIpc) is 3.18. The highest BCUT2D eigenvalue weighted by molar-refractivity contribution is 6.13. The Bertz CT molecular complexity index is 625. The molecule has 2 amide bonds.